The van der Waals surface area contributed by atoms with Crippen LogP contribution >= 0.6 is 35.3 Å². The molecule has 0 bridgehead atoms. The summed E-state index contributed by atoms with van der Waals surface area (Å²) in [6.45, 7) is 7.16. The van der Waals surface area contributed by atoms with Gasteiger partial charge in [0.15, 0.2) is 0 Å². The maximum Gasteiger partial charge on any atom is 0.0577 e. The Labute approximate surface area is 160 Å². The van der Waals surface area contributed by atoms with Crippen molar-refractivity contribution in [3.8, 4) is 0 Å². The monoisotopic (exact) mass is 377 g/mol. The zero-order valence-corrected chi connectivity index (χ0v) is 19.0. The van der Waals surface area contributed by atoms with Gasteiger partial charge in [0, 0.05) is 5.25 Å². The average Bonchev–Trinajstić information content (AvgIpc) is 2.56. The van der Waals surface area contributed by atoms with Crippen LogP contribution in [0.15, 0.2) is 0 Å². The number of rotatable bonds is 16. The molecule has 0 fully saturated rings. The molecule has 2 unspecified atom stereocenters. The molecule has 0 aliphatic carbocycles. The van der Waals surface area contributed by atoms with Crippen molar-refractivity contribution in [2.45, 2.75) is 94.3 Å². The van der Waals surface area contributed by atoms with Gasteiger partial charge in [0.2, 0.25) is 0 Å². The fourth-order valence-corrected chi connectivity index (χ4v) is 4.53. The number of hydrogen-bond donors (Lipinski definition) is 0. The van der Waals surface area contributed by atoms with E-state index in [9.17, 15) is 0 Å². The third-order valence-corrected chi connectivity index (χ3v) is 9.11. The second-order valence-electron chi connectivity index (χ2n) is 7.10. The minimum atomic E-state index is 0.440. The molecule has 0 spiro atoms. The molecular formula is C20H41S3. The van der Waals surface area contributed by atoms with Gasteiger partial charge in [0.05, 0.1) is 4.08 Å². The highest BCUT2D eigenvalue weighted by atomic mass is 32.2. The number of hydrogen-bond acceptors (Lipinski definition) is 3. The van der Waals surface area contributed by atoms with E-state index in [1.165, 1.54) is 64.2 Å². The standard InChI is InChI=1S/C20H41S3/c1-18(15-13-16-19(2)21-4)14-11-9-7-8-10-12-17-20(3,22-5)23-6/h11,18-19H,7-10,12-17H2,1-6H3. The molecule has 3 heteroatoms. The van der Waals surface area contributed by atoms with E-state index in [1.54, 1.807) is 0 Å². The Morgan fingerprint density at radius 2 is 1.52 bits per heavy atom. The fourth-order valence-electron chi connectivity index (χ4n) is 2.77. The van der Waals surface area contributed by atoms with Crippen LogP contribution in [0.4, 0.5) is 0 Å². The van der Waals surface area contributed by atoms with Gasteiger partial charge in [-0.1, -0.05) is 58.8 Å². The van der Waals surface area contributed by atoms with E-state index >= 15 is 0 Å². The molecule has 0 aliphatic rings. The minimum Gasteiger partial charge on any atom is -0.162 e. The van der Waals surface area contributed by atoms with E-state index in [0.717, 1.165) is 11.2 Å². The first-order valence-corrected chi connectivity index (χ1v) is 13.2. The molecule has 0 aliphatic heterocycles. The summed E-state index contributed by atoms with van der Waals surface area (Å²) >= 11 is 6.03. The summed E-state index contributed by atoms with van der Waals surface area (Å²) < 4.78 is 0.440. The second-order valence-corrected chi connectivity index (χ2v) is 11.3. The van der Waals surface area contributed by atoms with E-state index < -0.39 is 0 Å². The highest BCUT2D eigenvalue weighted by Crippen LogP contribution is 2.38. The Morgan fingerprint density at radius 1 is 0.870 bits per heavy atom. The lowest BCUT2D eigenvalue weighted by molar-refractivity contribution is 0.481. The van der Waals surface area contributed by atoms with Gasteiger partial charge in [0.1, 0.15) is 0 Å². The highest BCUT2D eigenvalue weighted by Gasteiger charge is 2.20. The molecule has 2 atom stereocenters. The first-order chi connectivity index (χ1) is 11.0. The maximum atomic E-state index is 2.55. The Kier molecular flexibility index (Phi) is 16.0. The van der Waals surface area contributed by atoms with E-state index in [2.05, 4.69) is 46.0 Å². The molecule has 0 aromatic heterocycles. The van der Waals surface area contributed by atoms with Gasteiger partial charge in [-0.25, -0.2) is 0 Å². The SMILES string of the molecule is CSC(C)CCCC(C)C[CH]CCCCCCC(C)(SC)SC. The lowest BCUT2D eigenvalue weighted by Gasteiger charge is -2.24. The summed E-state index contributed by atoms with van der Waals surface area (Å²) in [5, 5.41) is 0.838. The number of unbranched alkanes of at least 4 members (excludes halogenated alkanes) is 5. The molecule has 0 nitrogen and oxygen atoms in total. The molecule has 0 aromatic rings. The first kappa shape index (κ1) is 24.1. The third kappa shape index (κ3) is 14.0. The predicted octanol–water partition coefficient (Wildman–Crippen LogP) is 7.92. The average molecular weight is 378 g/mol. The summed E-state index contributed by atoms with van der Waals surface area (Å²) in [7, 11) is 0. The molecule has 0 saturated heterocycles. The summed E-state index contributed by atoms with van der Waals surface area (Å²) in [5.41, 5.74) is 0. The number of thioether (sulfide) groups is 3. The van der Waals surface area contributed by atoms with E-state index in [4.69, 9.17) is 0 Å². The summed E-state index contributed by atoms with van der Waals surface area (Å²) in [6, 6.07) is 0. The van der Waals surface area contributed by atoms with Crippen LogP contribution in [-0.2, 0) is 0 Å². The van der Waals surface area contributed by atoms with Crippen LogP contribution < -0.4 is 0 Å². The third-order valence-electron chi connectivity index (χ3n) is 4.93. The van der Waals surface area contributed by atoms with Crippen molar-refractivity contribution in [2.24, 2.45) is 5.92 Å². The summed E-state index contributed by atoms with van der Waals surface area (Å²) in [4.78, 5) is 0. The fraction of sp³-hybridized carbons (Fsp3) is 0.950. The lowest BCUT2D eigenvalue weighted by Crippen LogP contribution is -2.13. The normalized spacial score (nSPS) is 14.9. The van der Waals surface area contributed by atoms with Crippen LogP contribution in [-0.4, -0.2) is 28.1 Å². The van der Waals surface area contributed by atoms with Crippen molar-refractivity contribution >= 4 is 35.3 Å². The molecular weight excluding hydrogens is 336 g/mol. The topological polar surface area (TPSA) is 0 Å². The molecule has 0 N–H and O–H groups in total. The smallest absolute Gasteiger partial charge is 0.0577 e. The molecule has 0 heterocycles. The lowest BCUT2D eigenvalue weighted by atomic mass is 9.96. The van der Waals surface area contributed by atoms with Crippen molar-refractivity contribution in [3.05, 3.63) is 6.42 Å². The van der Waals surface area contributed by atoms with Crippen molar-refractivity contribution in [1.29, 1.82) is 0 Å². The quantitative estimate of drug-likeness (QED) is 0.198. The first-order valence-electron chi connectivity index (χ1n) is 9.42. The largest absolute Gasteiger partial charge is 0.162 e. The van der Waals surface area contributed by atoms with E-state index in [1.807, 2.05) is 35.3 Å². The van der Waals surface area contributed by atoms with Gasteiger partial charge in [-0.15, -0.1) is 23.5 Å². The Balaban J connectivity index is 3.39. The van der Waals surface area contributed by atoms with Crippen LogP contribution in [0.2, 0.25) is 0 Å². The Hall–Kier alpha value is 1.05. The van der Waals surface area contributed by atoms with Crippen LogP contribution in [0, 0.1) is 12.3 Å². The molecule has 139 valence electrons. The van der Waals surface area contributed by atoms with Crippen LogP contribution in [0.25, 0.3) is 0 Å². The van der Waals surface area contributed by atoms with E-state index in [0.29, 0.717) is 4.08 Å². The molecule has 1 radical (unpaired) electrons. The van der Waals surface area contributed by atoms with Gasteiger partial charge in [0.25, 0.3) is 0 Å². The highest BCUT2D eigenvalue weighted by molar-refractivity contribution is 8.17. The van der Waals surface area contributed by atoms with Crippen molar-refractivity contribution < 1.29 is 0 Å². The van der Waals surface area contributed by atoms with Crippen LogP contribution in [0.1, 0.15) is 85.0 Å². The molecule has 0 saturated carbocycles. The maximum absolute atomic E-state index is 2.55. The van der Waals surface area contributed by atoms with Gasteiger partial charge in [-0.2, -0.15) is 11.8 Å². The van der Waals surface area contributed by atoms with Crippen molar-refractivity contribution in [3.63, 3.8) is 0 Å². The van der Waals surface area contributed by atoms with Crippen molar-refractivity contribution in [1.82, 2.24) is 0 Å². The summed E-state index contributed by atoms with van der Waals surface area (Å²) in [5.74, 6) is 0.882. The zero-order chi connectivity index (χ0) is 17.6. The molecule has 23 heavy (non-hydrogen) atoms. The van der Waals surface area contributed by atoms with Gasteiger partial charge in [-0.3, -0.25) is 0 Å². The van der Waals surface area contributed by atoms with Gasteiger partial charge < -0.3 is 0 Å². The van der Waals surface area contributed by atoms with E-state index in [-0.39, 0.29) is 0 Å². The predicted molar refractivity (Wildman–Crippen MR) is 118 cm³/mol. The minimum absolute atomic E-state index is 0.440. The Morgan fingerprint density at radius 3 is 2.13 bits per heavy atom. The zero-order valence-electron chi connectivity index (χ0n) is 16.5. The Bertz CT molecular complexity index is 251. The van der Waals surface area contributed by atoms with Crippen LogP contribution in [0.5, 0.6) is 0 Å². The second kappa shape index (κ2) is 15.3. The molecule has 0 rings (SSSR count). The van der Waals surface area contributed by atoms with Gasteiger partial charge >= 0.3 is 0 Å². The summed E-state index contributed by atoms with van der Waals surface area (Å²) in [6.07, 6.45) is 23.1. The molecule has 0 amide bonds. The van der Waals surface area contributed by atoms with Crippen molar-refractivity contribution in [2.75, 3.05) is 18.8 Å². The van der Waals surface area contributed by atoms with Crippen LogP contribution in [0.3, 0.4) is 0 Å². The molecule has 0 aromatic carbocycles. The van der Waals surface area contributed by atoms with Gasteiger partial charge in [-0.05, 0) is 57.3 Å².